The number of aromatic nitrogens is 1. The van der Waals surface area contributed by atoms with Crippen LogP contribution in [0.5, 0.6) is 0 Å². The Kier molecular flexibility index (Phi) is 4.90. The van der Waals surface area contributed by atoms with Crippen molar-refractivity contribution in [3.8, 4) is 0 Å². The molecule has 1 aliphatic rings. The van der Waals surface area contributed by atoms with Gasteiger partial charge in [-0.3, -0.25) is 19.5 Å². The Balaban J connectivity index is 2.14. The monoisotopic (exact) mass is 290 g/mol. The van der Waals surface area contributed by atoms with Gasteiger partial charge in [0.05, 0.1) is 0 Å². The van der Waals surface area contributed by atoms with E-state index in [1.165, 1.54) is 0 Å². The molecule has 21 heavy (non-hydrogen) atoms. The molecule has 0 aliphatic carbocycles. The highest BCUT2D eigenvalue weighted by Gasteiger charge is 2.35. The summed E-state index contributed by atoms with van der Waals surface area (Å²) in [5.41, 5.74) is 0.610. The Labute approximate surface area is 125 Å². The minimum absolute atomic E-state index is 0.0454. The van der Waals surface area contributed by atoms with Crippen molar-refractivity contribution in [3.05, 3.63) is 30.1 Å². The number of rotatable bonds is 3. The number of amides is 2. The van der Waals surface area contributed by atoms with E-state index in [0.717, 1.165) is 0 Å². The highest BCUT2D eigenvalue weighted by molar-refractivity contribution is 5.94. The molecule has 1 aromatic rings. The number of nitrogens with zero attached hydrogens (tertiary/aromatic N) is 3. The number of likely N-dealkylation sites (N-methyl/N-ethyl adjacent to an activating group) is 1. The normalized spacial score (nSPS) is 19.6. The van der Waals surface area contributed by atoms with Gasteiger partial charge in [-0.25, -0.2) is 0 Å². The zero-order chi connectivity index (χ0) is 15.4. The molecule has 0 aromatic carbocycles. The number of pyridine rings is 1. The molecule has 2 rings (SSSR count). The third kappa shape index (κ3) is 3.39. The second-order valence-electron chi connectivity index (χ2n) is 5.45. The van der Waals surface area contributed by atoms with Crippen molar-refractivity contribution in [1.82, 2.24) is 20.1 Å². The summed E-state index contributed by atoms with van der Waals surface area (Å²) >= 11 is 0. The molecule has 1 aromatic heterocycles. The van der Waals surface area contributed by atoms with E-state index in [4.69, 9.17) is 0 Å². The van der Waals surface area contributed by atoms with E-state index < -0.39 is 0 Å². The highest BCUT2D eigenvalue weighted by atomic mass is 16.2. The maximum Gasteiger partial charge on any atom is 0.254 e. The summed E-state index contributed by atoms with van der Waals surface area (Å²) in [7, 11) is 1.63. The maximum atomic E-state index is 12.5. The van der Waals surface area contributed by atoms with Gasteiger partial charge in [-0.05, 0) is 26.0 Å². The molecule has 1 aliphatic heterocycles. The van der Waals surface area contributed by atoms with Crippen LogP contribution in [0.4, 0.5) is 0 Å². The predicted octanol–water partition coefficient (Wildman–Crippen LogP) is 0.362. The number of hydrogen-bond donors (Lipinski definition) is 1. The lowest BCUT2D eigenvalue weighted by atomic mass is 10.1. The first-order chi connectivity index (χ1) is 10.0. The Morgan fingerprint density at radius 2 is 1.95 bits per heavy atom. The van der Waals surface area contributed by atoms with E-state index >= 15 is 0 Å². The molecule has 0 spiro atoms. The number of carbonyl (C=O) groups excluding carboxylic acids is 2. The van der Waals surface area contributed by atoms with Crippen molar-refractivity contribution in [2.45, 2.75) is 25.9 Å². The fourth-order valence-corrected chi connectivity index (χ4v) is 2.68. The Bertz CT molecular complexity index is 504. The third-order valence-electron chi connectivity index (χ3n) is 3.85. The van der Waals surface area contributed by atoms with Gasteiger partial charge in [-0.1, -0.05) is 0 Å². The van der Waals surface area contributed by atoms with Crippen molar-refractivity contribution in [2.24, 2.45) is 0 Å². The molecule has 1 atom stereocenters. The zero-order valence-corrected chi connectivity index (χ0v) is 12.7. The van der Waals surface area contributed by atoms with E-state index in [1.807, 2.05) is 0 Å². The topological polar surface area (TPSA) is 65.5 Å². The lowest BCUT2D eigenvalue weighted by molar-refractivity contribution is -0.128. The van der Waals surface area contributed by atoms with E-state index in [0.29, 0.717) is 25.2 Å². The fourth-order valence-electron chi connectivity index (χ4n) is 2.68. The second kappa shape index (κ2) is 6.67. The lowest BCUT2D eigenvalue weighted by Crippen LogP contribution is -2.61. The lowest BCUT2D eigenvalue weighted by Gasteiger charge is -2.42. The van der Waals surface area contributed by atoms with Crippen LogP contribution in [0.3, 0.4) is 0 Å². The quantitative estimate of drug-likeness (QED) is 0.873. The summed E-state index contributed by atoms with van der Waals surface area (Å²) in [4.78, 5) is 32.4. The molecule has 1 saturated heterocycles. The summed E-state index contributed by atoms with van der Waals surface area (Å²) in [6.07, 6.45) is 3.21. The molecule has 0 bridgehead atoms. The standard InChI is InChI=1S/C15H22N4O2/c1-11(2)19-9-8-18(10-13(19)14(20)16-3)15(21)12-4-6-17-7-5-12/h4-7,11,13H,8-10H2,1-3H3,(H,16,20)/t13-/m1/s1. The van der Waals surface area contributed by atoms with Gasteiger partial charge in [0.1, 0.15) is 6.04 Å². The summed E-state index contributed by atoms with van der Waals surface area (Å²) < 4.78 is 0. The minimum Gasteiger partial charge on any atom is -0.358 e. The smallest absolute Gasteiger partial charge is 0.254 e. The molecule has 1 fully saturated rings. The van der Waals surface area contributed by atoms with Crippen molar-refractivity contribution in [3.63, 3.8) is 0 Å². The molecule has 0 saturated carbocycles. The maximum absolute atomic E-state index is 12.5. The molecule has 2 amide bonds. The van der Waals surface area contributed by atoms with Crippen molar-refractivity contribution in [1.29, 1.82) is 0 Å². The van der Waals surface area contributed by atoms with Gasteiger partial charge in [0.15, 0.2) is 0 Å². The van der Waals surface area contributed by atoms with Crippen LogP contribution in [-0.2, 0) is 4.79 Å². The molecule has 0 radical (unpaired) electrons. The highest BCUT2D eigenvalue weighted by Crippen LogP contribution is 2.16. The molecule has 2 heterocycles. The number of piperazine rings is 1. The molecule has 114 valence electrons. The fraction of sp³-hybridized carbons (Fsp3) is 0.533. The average molecular weight is 290 g/mol. The number of carbonyl (C=O) groups is 2. The number of nitrogens with one attached hydrogen (secondary N) is 1. The van der Waals surface area contributed by atoms with Gasteiger partial charge in [-0.2, -0.15) is 0 Å². The number of hydrogen-bond acceptors (Lipinski definition) is 4. The van der Waals surface area contributed by atoms with E-state index in [9.17, 15) is 9.59 Å². The molecular formula is C15H22N4O2. The molecule has 6 nitrogen and oxygen atoms in total. The SMILES string of the molecule is CNC(=O)[C@H]1CN(C(=O)c2ccncc2)CCN1C(C)C. The van der Waals surface area contributed by atoms with E-state index in [-0.39, 0.29) is 23.9 Å². The third-order valence-corrected chi connectivity index (χ3v) is 3.85. The van der Waals surface area contributed by atoms with Crippen molar-refractivity contribution < 1.29 is 9.59 Å². The van der Waals surface area contributed by atoms with Crippen LogP contribution in [0, 0.1) is 0 Å². The second-order valence-corrected chi connectivity index (χ2v) is 5.45. The van der Waals surface area contributed by atoms with Gasteiger partial charge >= 0.3 is 0 Å². The minimum atomic E-state index is -0.297. The van der Waals surface area contributed by atoms with Gasteiger partial charge in [0, 0.05) is 50.7 Å². The average Bonchev–Trinajstić information content (AvgIpc) is 2.53. The van der Waals surface area contributed by atoms with Crippen LogP contribution in [0.1, 0.15) is 24.2 Å². The summed E-state index contributed by atoms with van der Waals surface area (Å²) in [5, 5.41) is 2.69. The van der Waals surface area contributed by atoms with Crippen molar-refractivity contribution >= 4 is 11.8 Å². The molecular weight excluding hydrogens is 268 g/mol. The van der Waals surface area contributed by atoms with Gasteiger partial charge < -0.3 is 10.2 Å². The van der Waals surface area contributed by atoms with E-state index in [2.05, 4.69) is 29.0 Å². The summed E-state index contributed by atoms with van der Waals surface area (Å²) in [6.45, 7) is 5.88. The Morgan fingerprint density at radius 1 is 1.29 bits per heavy atom. The first-order valence-corrected chi connectivity index (χ1v) is 7.21. The molecule has 0 unspecified atom stereocenters. The van der Waals surface area contributed by atoms with Crippen LogP contribution in [0.2, 0.25) is 0 Å². The Hall–Kier alpha value is -1.95. The molecule has 1 N–H and O–H groups in total. The van der Waals surface area contributed by atoms with Crippen LogP contribution in [-0.4, -0.2) is 65.4 Å². The van der Waals surface area contributed by atoms with Crippen LogP contribution in [0.25, 0.3) is 0 Å². The van der Waals surface area contributed by atoms with Crippen LogP contribution < -0.4 is 5.32 Å². The van der Waals surface area contributed by atoms with Gasteiger partial charge in [-0.15, -0.1) is 0 Å². The summed E-state index contributed by atoms with van der Waals surface area (Å²) in [6, 6.07) is 3.37. The predicted molar refractivity (Wildman–Crippen MR) is 79.8 cm³/mol. The first-order valence-electron chi connectivity index (χ1n) is 7.21. The van der Waals surface area contributed by atoms with Crippen molar-refractivity contribution in [2.75, 3.05) is 26.7 Å². The van der Waals surface area contributed by atoms with Crippen LogP contribution >= 0.6 is 0 Å². The molecule has 6 heteroatoms. The van der Waals surface area contributed by atoms with Gasteiger partial charge in [0.2, 0.25) is 5.91 Å². The first kappa shape index (κ1) is 15.4. The zero-order valence-electron chi connectivity index (χ0n) is 12.7. The van der Waals surface area contributed by atoms with E-state index in [1.54, 1.807) is 36.5 Å². The Morgan fingerprint density at radius 3 is 2.52 bits per heavy atom. The summed E-state index contributed by atoms with van der Waals surface area (Å²) in [5.74, 6) is -0.0920. The van der Waals surface area contributed by atoms with Crippen LogP contribution in [0.15, 0.2) is 24.5 Å². The van der Waals surface area contributed by atoms with Gasteiger partial charge in [0.25, 0.3) is 5.91 Å². The largest absolute Gasteiger partial charge is 0.358 e.